The summed E-state index contributed by atoms with van der Waals surface area (Å²) in [5, 5.41) is 38.2. The molecule has 2 bridgehead atoms. The second-order valence-electron chi connectivity index (χ2n) is 4.61. The van der Waals surface area contributed by atoms with E-state index in [2.05, 4.69) is 0 Å². The van der Waals surface area contributed by atoms with E-state index in [9.17, 15) is 21.0 Å². The minimum atomic E-state index is -1.80. The molecule has 3 aliphatic rings. The Bertz CT molecular complexity index is 659. The molecule has 5 heteroatoms. The van der Waals surface area contributed by atoms with Crippen molar-refractivity contribution in [3.8, 4) is 24.3 Å². The van der Waals surface area contributed by atoms with Crippen molar-refractivity contribution in [3.05, 3.63) is 36.1 Å². The van der Waals surface area contributed by atoms with Gasteiger partial charge in [-0.2, -0.15) is 21.0 Å². The van der Waals surface area contributed by atoms with Gasteiger partial charge in [0.25, 0.3) is 0 Å². The van der Waals surface area contributed by atoms with Gasteiger partial charge in [0.2, 0.25) is 0 Å². The number of ether oxygens (including phenoxy) is 1. The Morgan fingerprint density at radius 2 is 1.50 bits per heavy atom. The average Bonchev–Trinajstić information content (AvgIpc) is 2.46. The predicted octanol–water partition coefficient (Wildman–Crippen LogP) is 1.96. The number of hydrogen-bond donors (Lipinski definition) is 0. The Balaban J connectivity index is 2.90. The van der Waals surface area contributed by atoms with Crippen LogP contribution in [0.25, 0.3) is 0 Å². The maximum atomic E-state index is 9.58. The van der Waals surface area contributed by atoms with Crippen LogP contribution in [0.3, 0.4) is 0 Å². The fourth-order valence-electron chi connectivity index (χ4n) is 2.81. The minimum absolute atomic E-state index is 0.430. The Morgan fingerprint density at radius 3 is 2.00 bits per heavy atom. The van der Waals surface area contributed by atoms with Crippen LogP contribution in [-0.2, 0) is 4.74 Å². The molecule has 0 unspecified atom stereocenters. The first-order valence-corrected chi connectivity index (χ1v) is 5.91. The molecule has 0 aromatic rings. The molecular weight excluding hydrogens is 252 g/mol. The quantitative estimate of drug-likeness (QED) is 0.718. The molecule has 0 aliphatic heterocycles. The molecule has 96 valence electrons. The molecule has 0 heterocycles. The van der Waals surface area contributed by atoms with Gasteiger partial charge in [0.1, 0.15) is 5.76 Å². The number of nitrogens with zero attached hydrogens (tertiary/aromatic N) is 4. The van der Waals surface area contributed by atoms with E-state index in [0.29, 0.717) is 5.76 Å². The van der Waals surface area contributed by atoms with Crippen LogP contribution >= 0.6 is 0 Å². The van der Waals surface area contributed by atoms with Gasteiger partial charge in [-0.15, -0.1) is 0 Å². The predicted molar refractivity (Wildman–Crippen MR) is 67.7 cm³/mol. The van der Waals surface area contributed by atoms with E-state index in [1.54, 1.807) is 30.4 Å². The van der Waals surface area contributed by atoms with Crippen molar-refractivity contribution in [2.24, 2.45) is 22.7 Å². The fourth-order valence-corrected chi connectivity index (χ4v) is 2.81. The van der Waals surface area contributed by atoms with Gasteiger partial charge < -0.3 is 4.74 Å². The van der Waals surface area contributed by atoms with Crippen LogP contribution in [0.2, 0.25) is 0 Å². The van der Waals surface area contributed by atoms with Gasteiger partial charge in [0.15, 0.2) is 10.8 Å². The van der Waals surface area contributed by atoms with Gasteiger partial charge in [-0.1, -0.05) is 24.3 Å². The number of allylic oxidation sites excluding steroid dienone is 5. The number of fused-ring (bicyclic) bond motifs is 2. The lowest BCUT2D eigenvalue weighted by atomic mass is 9.51. The van der Waals surface area contributed by atoms with Crippen molar-refractivity contribution >= 4 is 0 Å². The first kappa shape index (κ1) is 13.4. The molecule has 20 heavy (non-hydrogen) atoms. The van der Waals surface area contributed by atoms with E-state index in [1.165, 1.54) is 7.11 Å². The van der Waals surface area contributed by atoms with Gasteiger partial charge in [-0.3, -0.25) is 0 Å². The molecule has 2 atom stereocenters. The van der Waals surface area contributed by atoms with Gasteiger partial charge >= 0.3 is 0 Å². The highest BCUT2D eigenvalue weighted by Gasteiger charge is 2.65. The summed E-state index contributed by atoms with van der Waals surface area (Å²) in [6, 6.07) is 7.65. The molecule has 0 saturated heterocycles. The zero-order valence-electron chi connectivity index (χ0n) is 10.7. The van der Waals surface area contributed by atoms with Crippen LogP contribution in [-0.4, -0.2) is 7.11 Å². The Hall–Kier alpha value is -3.02. The summed E-state index contributed by atoms with van der Waals surface area (Å²) in [6.07, 6.45) is 8.32. The summed E-state index contributed by atoms with van der Waals surface area (Å²) in [7, 11) is 1.44. The van der Waals surface area contributed by atoms with Gasteiger partial charge in [-0.05, 0) is 6.08 Å². The van der Waals surface area contributed by atoms with Crippen LogP contribution in [0.1, 0.15) is 0 Å². The van der Waals surface area contributed by atoms with Crippen molar-refractivity contribution < 1.29 is 4.74 Å². The van der Waals surface area contributed by atoms with Crippen molar-refractivity contribution in [2.45, 2.75) is 0 Å². The second-order valence-corrected chi connectivity index (χ2v) is 4.61. The van der Waals surface area contributed by atoms with Crippen molar-refractivity contribution in [3.63, 3.8) is 0 Å². The van der Waals surface area contributed by atoms with E-state index in [-0.39, 0.29) is 0 Å². The second kappa shape index (κ2) is 4.58. The summed E-state index contributed by atoms with van der Waals surface area (Å²) < 4.78 is 5.26. The number of methoxy groups -OCH3 is 1. The average molecular weight is 262 g/mol. The summed E-state index contributed by atoms with van der Waals surface area (Å²) >= 11 is 0. The first-order valence-electron chi connectivity index (χ1n) is 5.91. The normalized spacial score (nSPS) is 27.8. The number of hydrogen-bond acceptors (Lipinski definition) is 5. The van der Waals surface area contributed by atoms with Crippen LogP contribution in [0.5, 0.6) is 0 Å². The molecule has 0 fully saturated rings. The smallest absolute Gasteiger partial charge is 0.189 e. The maximum Gasteiger partial charge on any atom is 0.189 e. The van der Waals surface area contributed by atoms with E-state index >= 15 is 0 Å². The zero-order valence-corrected chi connectivity index (χ0v) is 10.7. The molecule has 0 N–H and O–H groups in total. The van der Waals surface area contributed by atoms with E-state index in [4.69, 9.17) is 4.74 Å². The van der Waals surface area contributed by atoms with Gasteiger partial charge in [-0.25, -0.2) is 0 Å². The highest BCUT2D eigenvalue weighted by atomic mass is 16.5. The molecular formula is C15H10N4O. The number of rotatable bonds is 1. The highest BCUT2D eigenvalue weighted by Crippen LogP contribution is 2.56. The molecule has 0 radical (unpaired) electrons. The molecule has 0 saturated carbocycles. The molecule has 0 aromatic heterocycles. The Morgan fingerprint density at radius 1 is 0.950 bits per heavy atom. The Kier molecular flexibility index (Phi) is 3.07. The van der Waals surface area contributed by atoms with Crippen LogP contribution in [0.4, 0.5) is 0 Å². The van der Waals surface area contributed by atoms with Crippen molar-refractivity contribution in [1.82, 2.24) is 0 Å². The van der Waals surface area contributed by atoms with Crippen LogP contribution in [0.15, 0.2) is 36.1 Å². The van der Waals surface area contributed by atoms with E-state index in [0.717, 1.165) is 0 Å². The third-order valence-electron chi connectivity index (χ3n) is 3.91. The summed E-state index contributed by atoms with van der Waals surface area (Å²) in [4.78, 5) is 0. The van der Waals surface area contributed by atoms with Crippen molar-refractivity contribution in [1.29, 1.82) is 21.0 Å². The monoisotopic (exact) mass is 262 g/mol. The highest BCUT2D eigenvalue weighted by molar-refractivity contribution is 5.48. The largest absolute Gasteiger partial charge is 0.501 e. The minimum Gasteiger partial charge on any atom is -0.501 e. The summed E-state index contributed by atoms with van der Waals surface area (Å²) in [6.45, 7) is 0. The van der Waals surface area contributed by atoms with E-state index in [1.807, 2.05) is 24.3 Å². The van der Waals surface area contributed by atoms with Gasteiger partial charge in [0.05, 0.1) is 37.3 Å². The maximum absolute atomic E-state index is 9.58. The van der Waals surface area contributed by atoms with Crippen LogP contribution in [0, 0.1) is 68.0 Å². The molecule has 5 nitrogen and oxygen atoms in total. The SMILES string of the molecule is COC1=C[C@@H]2C=CC=C[C@H]1C(C#N)(C#N)C2(C#N)C#N. The van der Waals surface area contributed by atoms with Gasteiger partial charge in [0, 0.05) is 5.92 Å². The first-order chi connectivity index (χ1) is 9.65. The van der Waals surface area contributed by atoms with Crippen LogP contribution < -0.4 is 0 Å². The van der Waals surface area contributed by atoms with Crippen molar-refractivity contribution in [2.75, 3.05) is 7.11 Å². The third kappa shape index (κ3) is 1.33. The lowest BCUT2D eigenvalue weighted by Gasteiger charge is -2.43. The topological polar surface area (TPSA) is 104 Å². The Labute approximate surface area is 116 Å². The molecule has 0 aromatic carbocycles. The third-order valence-corrected chi connectivity index (χ3v) is 3.91. The number of nitriles is 4. The summed E-state index contributed by atoms with van der Waals surface area (Å²) in [5.41, 5.74) is -3.56. The molecule has 0 spiro atoms. The lowest BCUT2D eigenvalue weighted by Crippen LogP contribution is -2.51. The molecule has 0 amide bonds. The summed E-state index contributed by atoms with van der Waals surface area (Å²) in [5.74, 6) is -0.990. The fraction of sp³-hybridized carbons (Fsp3) is 0.333. The zero-order chi connectivity index (χ0) is 14.8. The van der Waals surface area contributed by atoms with E-state index < -0.39 is 22.7 Å². The molecule has 3 aliphatic carbocycles. The standard InChI is InChI=1S/C15H10N4O/c1-20-13-6-11-4-2-3-5-12(13)15(9-18,10-19)14(11,7-16)8-17/h2-6,11-12H,1H3/t11-,12+/m0/s1. The lowest BCUT2D eigenvalue weighted by molar-refractivity contribution is 0.126. The molecule has 3 rings (SSSR count).